The number of benzene rings is 4. The van der Waals surface area contributed by atoms with E-state index < -0.39 is 0 Å². The van der Waals surface area contributed by atoms with E-state index in [-0.39, 0.29) is 0 Å². The van der Waals surface area contributed by atoms with Gasteiger partial charge in [0.1, 0.15) is 0 Å². The Kier molecular flexibility index (Phi) is 6.89. The second-order valence-electron chi connectivity index (χ2n) is 10.3. The van der Waals surface area contributed by atoms with Gasteiger partial charge in [0.25, 0.3) is 0 Å². The van der Waals surface area contributed by atoms with Gasteiger partial charge in [0.2, 0.25) is 0 Å². The lowest BCUT2D eigenvalue weighted by molar-refractivity contribution is 0.781. The van der Waals surface area contributed by atoms with Crippen molar-refractivity contribution < 1.29 is 0 Å². The zero-order valence-corrected chi connectivity index (χ0v) is 23.3. The van der Waals surface area contributed by atoms with Crippen LogP contribution in [-0.2, 0) is 6.42 Å². The molecular formula is C37H32S. The minimum atomic E-state index is 0.430. The van der Waals surface area contributed by atoms with Crippen LogP contribution in [0.15, 0.2) is 82.6 Å². The first-order valence-electron chi connectivity index (χ1n) is 13.9. The summed E-state index contributed by atoms with van der Waals surface area (Å²) in [5, 5.41) is 2.67. The molecule has 186 valence electrons. The Balaban J connectivity index is 1.66. The molecule has 0 fully saturated rings. The number of hydrogen-bond donors (Lipinski definition) is 0. The molecule has 1 atom stereocenters. The smallest absolute Gasteiger partial charge is 0.0252 e. The lowest BCUT2D eigenvalue weighted by Gasteiger charge is -2.26. The maximum Gasteiger partial charge on any atom is 0.0252 e. The van der Waals surface area contributed by atoms with E-state index in [1.165, 1.54) is 54.0 Å². The minimum absolute atomic E-state index is 0.430. The van der Waals surface area contributed by atoms with E-state index in [1.807, 2.05) is 11.8 Å². The van der Waals surface area contributed by atoms with Gasteiger partial charge in [-0.2, -0.15) is 0 Å². The Bertz CT molecular complexity index is 1640. The first-order valence-corrected chi connectivity index (χ1v) is 14.7. The molecule has 0 radical (unpaired) electrons. The molecule has 0 nitrogen and oxygen atoms in total. The fraction of sp³-hybridized carbons (Fsp3) is 0.243. The largest absolute Gasteiger partial charge is 0.0979 e. The van der Waals surface area contributed by atoms with E-state index in [9.17, 15) is 0 Å². The van der Waals surface area contributed by atoms with E-state index in [4.69, 9.17) is 0 Å². The fourth-order valence-electron chi connectivity index (χ4n) is 5.77. The minimum Gasteiger partial charge on any atom is -0.0979 e. The highest BCUT2D eigenvalue weighted by molar-refractivity contribution is 7.99. The van der Waals surface area contributed by atoms with Crippen molar-refractivity contribution in [2.45, 2.75) is 62.7 Å². The van der Waals surface area contributed by atoms with Crippen molar-refractivity contribution >= 4 is 33.7 Å². The Labute approximate surface area is 231 Å². The van der Waals surface area contributed by atoms with Gasteiger partial charge in [0.05, 0.1) is 0 Å². The summed E-state index contributed by atoms with van der Waals surface area (Å²) in [5.41, 5.74) is 10.5. The molecule has 6 rings (SSSR count). The highest BCUT2D eigenvalue weighted by Gasteiger charge is 2.32. The maximum atomic E-state index is 3.43. The van der Waals surface area contributed by atoms with Crippen LogP contribution in [0.5, 0.6) is 0 Å². The molecule has 0 aromatic heterocycles. The standard InChI is InChI=1S/C37H32S/c1-4-6-8-12-26-16-20-33-31(23-26)37(32-24-27(13-9-7-5-2)17-21-34(32)38-33)35-25(3)22-29-19-18-28-14-10-11-15-30(28)36(29)35/h10-11,14-21,23-25H,4-7,22H2,1-3H3/t25-/m1/s1. The van der Waals surface area contributed by atoms with Gasteiger partial charge in [-0.15, -0.1) is 0 Å². The molecule has 4 aromatic rings. The van der Waals surface area contributed by atoms with E-state index in [0.29, 0.717) is 5.92 Å². The van der Waals surface area contributed by atoms with Crippen LogP contribution < -0.4 is 0 Å². The lowest BCUT2D eigenvalue weighted by Crippen LogP contribution is -2.05. The Morgan fingerprint density at radius 3 is 2.03 bits per heavy atom. The number of allylic oxidation sites excluding steroid dienone is 1. The topological polar surface area (TPSA) is 0 Å². The molecule has 0 bridgehead atoms. The number of unbranched alkanes of at least 4 members (excludes halogenated alkanes) is 2. The van der Waals surface area contributed by atoms with E-state index >= 15 is 0 Å². The average molecular weight is 509 g/mol. The van der Waals surface area contributed by atoms with Crippen molar-refractivity contribution in [3.05, 3.63) is 106 Å². The third-order valence-corrected chi connectivity index (χ3v) is 8.66. The van der Waals surface area contributed by atoms with E-state index in [1.54, 1.807) is 0 Å². The Morgan fingerprint density at radius 1 is 0.763 bits per heavy atom. The van der Waals surface area contributed by atoms with Crippen molar-refractivity contribution in [3.8, 4) is 23.7 Å². The predicted octanol–water partition coefficient (Wildman–Crippen LogP) is 9.76. The fourth-order valence-corrected chi connectivity index (χ4v) is 6.82. The summed E-state index contributed by atoms with van der Waals surface area (Å²) < 4.78 is 0. The summed E-state index contributed by atoms with van der Waals surface area (Å²) in [6.45, 7) is 6.76. The summed E-state index contributed by atoms with van der Waals surface area (Å²) in [7, 11) is 0. The quantitative estimate of drug-likeness (QED) is 0.214. The average Bonchev–Trinajstić information content (AvgIpc) is 3.28. The molecule has 0 unspecified atom stereocenters. The third kappa shape index (κ3) is 4.47. The van der Waals surface area contributed by atoms with Crippen molar-refractivity contribution in [3.63, 3.8) is 0 Å². The van der Waals surface area contributed by atoms with E-state index in [2.05, 4.69) is 117 Å². The summed E-state index contributed by atoms with van der Waals surface area (Å²) in [4.78, 5) is 2.62. The van der Waals surface area contributed by atoms with Gasteiger partial charge in [0, 0.05) is 33.8 Å². The molecule has 0 spiro atoms. The Hall–Kier alpha value is -3.65. The number of hydrogen-bond acceptors (Lipinski definition) is 1. The van der Waals surface area contributed by atoms with Gasteiger partial charge >= 0.3 is 0 Å². The SMILES string of the molecule is CCCC#Cc1ccc2c(c1)C(=C1c3c(ccc4ccccc34)C[C@H]1C)c1cc(C#CCCC)ccc1S2. The molecule has 0 amide bonds. The molecule has 38 heavy (non-hydrogen) atoms. The van der Waals surface area contributed by atoms with Gasteiger partial charge in [-0.25, -0.2) is 0 Å². The molecule has 0 saturated carbocycles. The van der Waals surface area contributed by atoms with E-state index in [0.717, 1.165) is 43.2 Å². The first-order chi connectivity index (χ1) is 18.7. The summed E-state index contributed by atoms with van der Waals surface area (Å²) in [6.07, 6.45) is 5.10. The molecule has 1 heteroatoms. The molecule has 0 N–H and O–H groups in total. The summed E-state index contributed by atoms with van der Waals surface area (Å²) in [5.74, 6) is 14.0. The van der Waals surface area contributed by atoms with Crippen LogP contribution in [-0.4, -0.2) is 0 Å². The number of fused-ring (bicyclic) bond motifs is 5. The van der Waals surface area contributed by atoms with Crippen LogP contribution in [0.4, 0.5) is 0 Å². The molecular weight excluding hydrogens is 476 g/mol. The van der Waals surface area contributed by atoms with Crippen molar-refractivity contribution in [1.82, 2.24) is 0 Å². The second kappa shape index (κ2) is 10.6. The molecule has 0 saturated heterocycles. The lowest BCUT2D eigenvalue weighted by atomic mass is 9.84. The number of rotatable bonds is 2. The van der Waals surface area contributed by atoms with Crippen molar-refractivity contribution in [1.29, 1.82) is 0 Å². The molecule has 2 aliphatic rings. The van der Waals surface area contributed by atoms with Gasteiger partial charge < -0.3 is 0 Å². The zero-order chi connectivity index (χ0) is 26.1. The van der Waals surface area contributed by atoms with Crippen LogP contribution in [0.3, 0.4) is 0 Å². The molecule has 1 heterocycles. The highest BCUT2D eigenvalue weighted by atomic mass is 32.2. The monoisotopic (exact) mass is 508 g/mol. The maximum absolute atomic E-state index is 3.43. The molecule has 1 aliphatic heterocycles. The zero-order valence-electron chi connectivity index (χ0n) is 22.4. The van der Waals surface area contributed by atoms with Crippen LogP contribution >= 0.6 is 11.8 Å². The van der Waals surface area contributed by atoms with Crippen LogP contribution in [0, 0.1) is 29.6 Å². The van der Waals surface area contributed by atoms with Crippen molar-refractivity contribution in [2.24, 2.45) is 5.92 Å². The van der Waals surface area contributed by atoms with Gasteiger partial charge in [-0.05, 0) is 106 Å². The van der Waals surface area contributed by atoms with Gasteiger partial charge in [-0.3, -0.25) is 0 Å². The van der Waals surface area contributed by atoms with Crippen LogP contribution in [0.2, 0.25) is 0 Å². The van der Waals surface area contributed by atoms with Gasteiger partial charge in [-0.1, -0.05) is 92.6 Å². The summed E-state index contributed by atoms with van der Waals surface area (Å²) >= 11 is 1.87. The molecule has 4 aromatic carbocycles. The molecule has 1 aliphatic carbocycles. The van der Waals surface area contributed by atoms with Crippen LogP contribution in [0.25, 0.3) is 21.9 Å². The Morgan fingerprint density at radius 2 is 1.39 bits per heavy atom. The predicted molar refractivity (Wildman–Crippen MR) is 163 cm³/mol. The van der Waals surface area contributed by atoms with Crippen molar-refractivity contribution in [2.75, 3.05) is 0 Å². The normalized spacial score (nSPS) is 15.2. The van der Waals surface area contributed by atoms with Gasteiger partial charge in [0.15, 0.2) is 0 Å². The highest BCUT2D eigenvalue weighted by Crippen LogP contribution is 2.53. The first kappa shape index (κ1) is 24.7. The summed E-state index contributed by atoms with van der Waals surface area (Å²) in [6, 6.07) is 27.1. The third-order valence-electron chi connectivity index (χ3n) is 7.51. The van der Waals surface area contributed by atoms with Crippen LogP contribution in [0.1, 0.15) is 79.8 Å². The second-order valence-corrected chi connectivity index (χ2v) is 11.4.